The number of halogens is 1. The molecule has 1 N–H and O–H groups in total. The van der Waals surface area contributed by atoms with E-state index < -0.39 is 0 Å². The van der Waals surface area contributed by atoms with E-state index in [9.17, 15) is 0 Å². The largest absolute Gasteiger partial charge is 0.494 e. The lowest BCUT2D eigenvalue weighted by atomic mass is 10.2. The molecule has 0 radical (unpaired) electrons. The molecule has 92 valence electrons. The van der Waals surface area contributed by atoms with E-state index in [2.05, 4.69) is 31.3 Å². The Balaban J connectivity index is 0.00000225. The number of benzene rings is 1. The normalized spacial score (nSPS) is 11.7. The van der Waals surface area contributed by atoms with Crippen LogP contribution in [-0.2, 0) is 6.54 Å². The van der Waals surface area contributed by atoms with E-state index in [1.54, 1.807) is 0 Å². The minimum absolute atomic E-state index is 0. The van der Waals surface area contributed by atoms with Crippen LogP contribution in [0.15, 0.2) is 24.3 Å². The van der Waals surface area contributed by atoms with Crippen LogP contribution in [0.1, 0.15) is 32.8 Å². The molecule has 0 fully saturated rings. The van der Waals surface area contributed by atoms with Crippen LogP contribution in [-0.4, -0.2) is 12.6 Å². The molecule has 16 heavy (non-hydrogen) atoms. The highest BCUT2D eigenvalue weighted by atomic mass is 35.5. The summed E-state index contributed by atoms with van der Waals surface area (Å²) in [6.45, 7) is 8.03. The molecule has 1 atom stereocenters. The zero-order chi connectivity index (χ0) is 11.1. The van der Waals surface area contributed by atoms with Gasteiger partial charge in [0, 0.05) is 12.6 Å². The van der Waals surface area contributed by atoms with Crippen LogP contribution in [0.2, 0.25) is 0 Å². The van der Waals surface area contributed by atoms with Crippen LogP contribution < -0.4 is 10.1 Å². The Morgan fingerprint density at radius 3 is 2.69 bits per heavy atom. The first-order valence-corrected chi connectivity index (χ1v) is 5.71. The second-order valence-corrected chi connectivity index (χ2v) is 3.77. The summed E-state index contributed by atoms with van der Waals surface area (Å²) in [7, 11) is 0. The average Bonchev–Trinajstić information content (AvgIpc) is 2.27. The van der Waals surface area contributed by atoms with Crippen molar-refractivity contribution in [2.75, 3.05) is 6.61 Å². The van der Waals surface area contributed by atoms with E-state index in [0.29, 0.717) is 6.04 Å². The molecule has 1 aromatic carbocycles. The van der Waals surface area contributed by atoms with Gasteiger partial charge < -0.3 is 10.1 Å². The van der Waals surface area contributed by atoms with Gasteiger partial charge in [0.15, 0.2) is 0 Å². The number of rotatable bonds is 6. The molecular formula is C13H22ClNO. The van der Waals surface area contributed by atoms with E-state index in [-0.39, 0.29) is 12.4 Å². The molecule has 0 aliphatic rings. The van der Waals surface area contributed by atoms with Gasteiger partial charge in [-0.2, -0.15) is 0 Å². The average molecular weight is 244 g/mol. The van der Waals surface area contributed by atoms with Gasteiger partial charge in [-0.3, -0.25) is 0 Å². The summed E-state index contributed by atoms with van der Waals surface area (Å²) in [4.78, 5) is 0. The Morgan fingerprint density at radius 1 is 1.31 bits per heavy atom. The van der Waals surface area contributed by atoms with Crippen LogP contribution in [0.25, 0.3) is 0 Å². The van der Waals surface area contributed by atoms with Gasteiger partial charge in [0.05, 0.1) is 6.61 Å². The summed E-state index contributed by atoms with van der Waals surface area (Å²) < 4.78 is 5.45. The van der Waals surface area contributed by atoms with Crippen molar-refractivity contribution in [2.45, 2.75) is 39.8 Å². The molecule has 0 aromatic heterocycles. The molecule has 2 nitrogen and oxygen atoms in total. The molecule has 3 heteroatoms. The van der Waals surface area contributed by atoms with Crippen LogP contribution in [0.4, 0.5) is 0 Å². The van der Waals surface area contributed by atoms with Gasteiger partial charge in [0.2, 0.25) is 0 Å². The second kappa shape index (κ2) is 8.43. The highest BCUT2D eigenvalue weighted by Crippen LogP contribution is 2.13. The maximum atomic E-state index is 5.45. The maximum Gasteiger partial charge on any atom is 0.119 e. The maximum absolute atomic E-state index is 5.45. The van der Waals surface area contributed by atoms with E-state index in [4.69, 9.17) is 4.74 Å². The van der Waals surface area contributed by atoms with Crippen molar-refractivity contribution >= 4 is 12.4 Å². The van der Waals surface area contributed by atoms with E-state index >= 15 is 0 Å². The van der Waals surface area contributed by atoms with Crippen molar-refractivity contribution in [1.82, 2.24) is 5.32 Å². The summed E-state index contributed by atoms with van der Waals surface area (Å²) in [6.07, 6.45) is 1.16. The summed E-state index contributed by atoms with van der Waals surface area (Å²) in [5.41, 5.74) is 1.28. The van der Waals surface area contributed by atoms with Gasteiger partial charge in [-0.05, 0) is 38.0 Å². The lowest BCUT2D eigenvalue weighted by Gasteiger charge is -2.12. The van der Waals surface area contributed by atoms with Gasteiger partial charge in [-0.15, -0.1) is 12.4 Å². The number of nitrogens with one attached hydrogen (secondary N) is 1. The standard InChI is InChI=1S/C13H21NO.ClH/c1-4-11(3)14-10-12-7-6-8-13(9-12)15-5-2;/h6-9,11,14H,4-5,10H2,1-3H3;1H. The summed E-state index contributed by atoms with van der Waals surface area (Å²) >= 11 is 0. The van der Waals surface area contributed by atoms with Gasteiger partial charge >= 0.3 is 0 Å². The molecule has 0 spiro atoms. The van der Waals surface area contributed by atoms with Crippen molar-refractivity contribution in [1.29, 1.82) is 0 Å². The molecule has 1 aromatic rings. The van der Waals surface area contributed by atoms with Gasteiger partial charge in [-0.1, -0.05) is 19.1 Å². The topological polar surface area (TPSA) is 21.3 Å². The predicted octanol–water partition coefficient (Wildman–Crippen LogP) is 3.40. The Bertz CT molecular complexity index is 291. The number of hydrogen-bond acceptors (Lipinski definition) is 2. The highest BCUT2D eigenvalue weighted by molar-refractivity contribution is 5.85. The van der Waals surface area contributed by atoms with Gasteiger partial charge in [0.1, 0.15) is 5.75 Å². The van der Waals surface area contributed by atoms with Gasteiger partial charge in [0.25, 0.3) is 0 Å². The Kier molecular flexibility index (Phi) is 8.04. The van der Waals surface area contributed by atoms with Crippen molar-refractivity contribution < 1.29 is 4.74 Å². The van der Waals surface area contributed by atoms with E-state index in [1.165, 1.54) is 5.56 Å². The summed E-state index contributed by atoms with van der Waals surface area (Å²) in [6, 6.07) is 8.83. The van der Waals surface area contributed by atoms with Crippen LogP contribution >= 0.6 is 12.4 Å². The zero-order valence-electron chi connectivity index (χ0n) is 10.3. The Morgan fingerprint density at radius 2 is 2.06 bits per heavy atom. The van der Waals surface area contributed by atoms with Crippen molar-refractivity contribution in [2.24, 2.45) is 0 Å². The first-order valence-electron chi connectivity index (χ1n) is 5.71. The Labute approximate surface area is 105 Å². The molecule has 0 heterocycles. The second-order valence-electron chi connectivity index (χ2n) is 3.77. The molecule has 0 saturated carbocycles. The lowest BCUT2D eigenvalue weighted by Crippen LogP contribution is -2.24. The minimum Gasteiger partial charge on any atom is -0.494 e. The first kappa shape index (κ1) is 15.3. The van der Waals surface area contributed by atoms with Crippen LogP contribution in [0.5, 0.6) is 5.75 Å². The zero-order valence-corrected chi connectivity index (χ0v) is 11.1. The van der Waals surface area contributed by atoms with E-state index in [0.717, 1.165) is 25.3 Å². The van der Waals surface area contributed by atoms with E-state index in [1.807, 2.05) is 19.1 Å². The molecule has 0 aliphatic carbocycles. The first-order chi connectivity index (χ1) is 7.26. The van der Waals surface area contributed by atoms with Crippen LogP contribution in [0, 0.1) is 0 Å². The molecule has 0 aliphatic heterocycles. The third kappa shape index (κ3) is 5.38. The van der Waals surface area contributed by atoms with Crippen molar-refractivity contribution in [3.8, 4) is 5.75 Å². The SMILES string of the molecule is CCOc1cccc(CNC(C)CC)c1.Cl. The van der Waals surface area contributed by atoms with Crippen molar-refractivity contribution in [3.05, 3.63) is 29.8 Å². The molecular weight excluding hydrogens is 222 g/mol. The highest BCUT2D eigenvalue weighted by Gasteiger charge is 1.99. The quantitative estimate of drug-likeness (QED) is 0.827. The fourth-order valence-corrected chi connectivity index (χ4v) is 1.35. The van der Waals surface area contributed by atoms with Crippen molar-refractivity contribution in [3.63, 3.8) is 0 Å². The summed E-state index contributed by atoms with van der Waals surface area (Å²) in [5, 5.41) is 3.46. The van der Waals surface area contributed by atoms with Gasteiger partial charge in [-0.25, -0.2) is 0 Å². The smallest absolute Gasteiger partial charge is 0.119 e. The molecule has 1 unspecified atom stereocenters. The molecule has 0 saturated heterocycles. The third-order valence-corrected chi connectivity index (χ3v) is 2.48. The molecule has 0 bridgehead atoms. The predicted molar refractivity (Wildman–Crippen MR) is 71.5 cm³/mol. The fraction of sp³-hybridized carbons (Fsp3) is 0.538. The minimum atomic E-state index is 0. The molecule has 1 rings (SSSR count). The summed E-state index contributed by atoms with van der Waals surface area (Å²) in [5.74, 6) is 0.959. The monoisotopic (exact) mass is 243 g/mol. The third-order valence-electron chi connectivity index (χ3n) is 2.48. The molecule has 0 amide bonds. The fourth-order valence-electron chi connectivity index (χ4n) is 1.35. The van der Waals surface area contributed by atoms with Crippen LogP contribution in [0.3, 0.4) is 0 Å². The lowest BCUT2D eigenvalue weighted by molar-refractivity contribution is 0.339. The number of ether oxygens (including phenoxy) is 1. The number of hydrogen-bond donors (Lipinski definition) is 1. The Hall–Kier alpha value is -0.730.